The molecule has 6 atom stereocenters. The molecule has 3 rings (SSSR count). The molecule has 0 bridgehead atoms. The van der Waals surface area contributed by atoms with Gasteiger partial charge in [-0.3, -0.25) is 29.0 Å². The van der Waals surface area contributed by atoms with Crippen molar-refractivity contribution < 1.29 is 38.7 Å². The number of urea groups is 1. The van der Waals surface area contributed by atoms with Crippen molar-refractivity contribution >= 4 is 70.0 Å². The molecule has 2 heterocycles. The van der Waals surface area contributed by atoms with Crippen LogP contribution in [0, 0.1) is 11.8 Å². The number of carboxylic acid groups (broad SMARTS) is 1. The summed E-state index contributed by atoms with van der Waals surface area (Å²) in [4.78, 5) is 103. The molecule has 1 aliphatic rings. The Balaban J connectivity index is 1.95. The fraction of sp³-hybridized carbons (Fsp3) is 0.600. The third-order valence-corrected chi connectivity index (χ3v) is 10.3. The van der Waals surface area contributed by atoms with Crippen molar-refractivity contribution in [2.75, 3.05) is 20.1 Å². The van der Waals surface area contributed by atoms with Crippen LogP contribution in [-0.4, -0.2) is 119 Å². The van der Waals surface area contributed by atoms with Gasteiger partial charge in [0, 0.05) is 48.7 Å². The fourth-order valence-corrected chi connectivity index (χ4v) is 7.05. The van der Waals surface area contributed by atoms with Crippen LogP contribution >= 0.6 is 11.6 Å². The molecule has 0 saturated carbocycles. The van der Waals surface area contributed by atoms with Crippen LogP contribution < -0.4 is 43.4 Å². The van der Waals surface area contributed by atoms with Crippen LogP contribution in [0.5, 0.6) is 0 Å². The Hall–Kier alpha value is -5.59. The zero-order chi connectivity index (χ0) is 44.7. The van der Waals surface area contributed by atoms with Crippen LogP contribution in [0.2, 0.25) is 5.02 Å². The quantitative estimate of drug-likeness (QED) is 0.0781. The van der Waals surface area contributed by atoms with Gasteiger partial charge in [-0.1, -0.05) is 45.4 Å². The second kappa shape index (κ2) is 23.3. The highest BCUT2D eigenvalue weighted by molar-refractivity contribution is 6.31. The molecule has 0 spiro atoms. The zero-order valence-electron chi connectivity index (χ0n) is 35.2. The van der Waals surface area contributed by atoms with Gasteiger partial charge in [-0.15, -0.1) is 0 Å². The summed E-state index contributed by atoms with van der Waals surface area (Å²) < 4.78 is 0. The molecule has 0 aliphatic carbocycles. The van der Waals surface area contributed by atoms with Crippen molar-refractivity contribution in [2.24, 2.45) is 28.3 Å². The van der Waals surface area contributed by atoms with Crippen LogP contribution in [0.25, 0.3) is 10.9 Å². The second-order valence-electron chi connectivity index (χ2n) is 16.1. The molecule has 6 unspecified atom stereocenters. The SMILES string of the molecule is CC(C)CC1NC(=O)C(C)NC(=O)C(NC(=O)NC(CCCN=C(N)N)C(=O)O)CCCCNC(=O)C(Cc2c[nH]c3cc(Cl)ccc23)NC(=O)C(CC(C)C)N(C)C1=O. The Bertz CT molecular complexity index is 1860. The number of nitrogens with two attached hydrogens (primary N) is 2. The second-order valence-corrected chi connectivity index (χ2v) is 16.5. The molecule has 332 valence electrons. The molecule has 0 radical (unpaired) electrons. The molecule has 1 aliphatic heterocycles. The maximum absolute atomic E-state index is 14.2. The van der Waals surface area contributed by atoms with Gasteiger partial charge >= 0.3 is 12.0 Å². The number of amides is 7. The smallest absolute Gasteiger partial charge is 0.326 e. The predicted octanol–water partition coefficient (Wildman–Crippen LogP) is 1.23. The number of aliphatic imine (C=N–C) groups is 1. The van der Waals surface area contributed by atoms with Gasteiger partial charge < -0.3 is 58.4 Å². The molecule has 2 aromatic rings. The predicted molar refractivity (Wildman–Crippen MR) is 228 cm³/mol. The number of likely N-dealkylation sites (N-methyl/N-ethyl adjacent to an activating group) is 1. The Labute approximate surface area is 355 Å². The molecular weight excluding hydrogens is 798 g/mol. The van der Waals surface area contributed by atoms with Crippen LogP contribution in [0.3, 0.4) is 0 Å². The number of benzene rings is 1. The monoisotopic (exact) mass is 859 g/mol. The van der Waals surface area contributed by atoms with Crippen molar-refractivity contribution in [3.63, 3.8) is 0 Å². The summed E-state index contributed by atoms with van der Waals surface area (Å²) in [6.07, 6.45) is 3.23. The van der Waals surface area contributed by atoms with E-state index in [0.29, 0.717) is 17.9 Å². The summed E-state index contributed by atoms with van der Waals surface area (Å²) in [5.74, 6) is -4.53. The average molecular weight is 860 g/mol. The molecule has 60 heavy (non-hydrogen) atoms. The average Bonchev–Trinajstić information content (AvgIpc) is 3.56. The highest BCUT2D eigenvalue weighted by Gasteiger charge is 2.36. The number of nitrogens with zero attached hydrogens (tertiary/aromatic N) is 2. The molecule has 20 heteroatoms. The number of hydrogen-bond acceptors (Lipinski definition) is 8. The lowest BCUT2D eigenvalue weighted by atomic mass is 9.97. The number of aromatic nitrogens is 1. The number of fused-ring (bicyclic) bond motifs is 1. The van der Waals surface area contributed by atoms with E-state index in [0.717, 1.165) is 16.5 Å². The molecular formula is C40H62ClN11O8. The summed E-state index contributed by atoms with van der Waals surface area (Å²) in [5, 5.41) is 27.1. The zero-order valence-corrected chi connectivity index (χ0v) is 36.0. The minimum atomic E-state index is -1.32. The summed E-state index contributed by atoms with van der Waals surface area (Å²) in [6.45, 7) is 9.27. The topological polar surface area (TPSA) is 295 Å². The van der Waals surface area contributed by atoms with E-state index in [4.69, 9.17) is 23.1 Å². The van der Waals surface area contributed by atoms with E-state index in [-0.39, 0.29) is 69.4 Å². The first kappa shape index (κ1) is 48.8. The number of hydrogen-bond donors (Lipinski definition) is 10. The van der Waals surface area contributed by atoms with E-state index in [1.807, 2.05) is 33.8 Å². The number of rotatable bonds is 13. The van der Waals surface area contributed by atoms with Gasteiger partial charge in [0.05, 0.1) is 0 Å². The van der Waals surface area contributed by atoms with Crippen molar-refractivity contribution in [3.05, 3.63) is 35.0 Å². The highest BCUT2D eigenvalue weighted by atomic mass is 35.5. The third-order valence-electron chi connectivity index (χ3n) is 10.1. The van der Waals surface area contributed by atoms with E-state index in [2.05, 4.69) is 41.9 Å². The number of guanidine groups is 1. The Kier molecular flexibility index (Phi) is 18.9. The van der Waals surface area contributed by atoms with Crippen LogP contribution in [0.4, 0.5) is 4.79 Å². The van der Waals surface area contributed by atoms with Crippen molar-refractivity contribution in [1.82, 2.24) is 41.8 Å². The lowest BCUT2D eigenvalue weighted by Crippen LogP contribution is -2.59. The van der Waals surface area contributed by atoms with E-state index in [1.165, 1.54) is 18.9 Å². The van der Waals surface area contributed by atoms with Gasteiger partial charge in [-0.25, -0.2) is 9.59 Å². The maximum Gasteiger partial charge on any atom is 0.326 e. The lowest BCUT2D eigenvalue weighted by Gasteiger charge is -2.33. The molecule has 7 amide bonds. The van der Waals surface area contributed by atoms with Gasteiger partial charge in [0.2, 0.25) is 29.5 Å². The Morgan fingerprint density at radius 1 is 0.950 bits per heavy atom. The van der Waals surface area contributed by atoms with Gasteiger partial charge in [-0.2, -0.15) is 0 Å². The summed E-state index contributed by atoms with van der Waals surface area (Å²) >= 11 is 6.20. The Morgan fingerprint density at radius 3 is 2.28 bits per heavy atom. The highest BCUT2D eigenvalue weighted by Crippen LogP contribution is 2.24. The van der Waals surface area contributed by atoms with Crippen molar-refractivity contribution in [1.29, 1.82) is 0 Å². The normalized spacial score (nSPS) is 22.1. The number of carbonyl (C=O) groups is 7. The molecule has 1 fully saturated rings. The summed E-state index contributed by atoms with van der Waals surface area (Å²) in [7, 11) is 1.49. The third kappa shape index (κ3) is 15.2. The summed E-state index contributed by atoms with van der Waals surface area (Å²) in [6, 6.07) is -2.50. The number of H-pyrrole nitrogens is 1. The minimum Gasteiger partial charge on any atom is -0.480 e. The van der Waals surface area contributed by atoms with Crippen molar-refractivity contribution in [2.45, 2.75) is 122 Å². The van der Waals surface area contributed by atoms with Gasteiger partial charge in [0.25, 0.3) is 0 Å². The molecule has 1 saturated heterocycles. The van der Waals surface area contributed by atoms with Crippen LogP contribution in [0.15, 0.2) is 29.4 Å². The number of aromatic amines is 1. The minimum absolute atomic E-state index is 0.00687. The van der Waals surface area contributed by atoms with E-state index in [1.54, 1.807) is 18.3 Å². The van der Waals surface area contributed by atoms with Crippen LogP contribution in [-0.2, 0) is 35.2 Å². The first-order chi connectivity index (χ1) is 28.3. The number of nitrogens with one attached hydrogen (secondary N) is 7. The van der Waals surface area contributed by atoms with Gasteiger partial charge in [0.15, 0.2) is 5.96 Å². The molecule has 1 aromatic heterocycles. The largest absolute Gasteiger partial charge is 0.480 e. The first-order valence-corrected chi connectivity index (χ1v) is 20.7. The molecule has 19 nitrogen and oxygen atoms in total. The fourth-order valence-electron chi connectivity index (χ4n) is 6.88. The van der Waals surface area contributed by atoms with Crippen molar-refractivity contribution in [3.8, 4) is 0 Å². The Morgan fingerprint density at radius 2 is 1.63 bits per heavy atom. The van der Waals surface area contributed by atoms with Gasteiger partial charge in [-0.05, 0) is 81.4 Å². The number of carboxylic acids is 1. The van der Waals surface area contributed by atoms with E-state index >= 15 is 0 Å². The maximum atomic E-state index is 14.2. The number of aliphatic carboxylic acids is 1. The molecule has 1 aromatic carbocycles. The van der Waals surface area contributed by atoms with E-state index < -0.39 is 77.8 Å². The lowest BCUT2D eigenvalue weighted by molar-refractivity contribution is -0.143. The van der Waals surface area contributed by atoms with Gasteiger partial charge in [0.1, 0.15) is 36.3 Å². The number of halogens is 1. The first-order valence-electron chi connectivity index (χ1n) is 20.3. The molecule has 12 N–H and O–H groups in total. The van der Waals surface area contributed by atoms with E-state index in [9.17, 15) is 38.7 Å². The standard InChI is InChI=1S/C40H62ClN11O8/c1-21(2)16-31-37(57)52(6)32(17-22(3)4)36(56)48-30(18-24-20-46-29-19-25(41)12-13-26(24)29)34(54)44-14-8-7-10-27(35(55)47-23(5)33(53)49-31)50-40(60)51-28(38(58)59)11-9-15-45-39(42)43/h12-13,19-23,27-28,30-32,46H,7-11,14-18H2,1-6H3,(H,44,54)(H,47,55)(H,48,56)(H,49,53)(H,58,59)(H4,42,43,45)(H2,50,51,60). The number of carbonyl (C=O) groups excluding carboxylic acids is 6. The van der Waals surface area contributed by atoms with Crippen LogP contribution in [0.1, 0.15) is 85.1 Å². The summed E-state index contributed by atoms with van der Waals surface area (Å²) in [5.41, 5.74) is 12.2.